The summed E-state index contributed by atoms with van der Waals surface area (Å²) in [6, 6.07) is 8.95. The highest BCUT2D eigenvalue weighted by Gasteiger charge is 2.19. The number of carbonyl (C=O) groups excluding carboxylic acids is 1. The number of sulfonamides is 1. The minimum Gasteiger partial charge on any atom is -0.495 e. The largest absolute Gasteiger partial charge is 0.495 e. The van der Waals surface area contributed by atoms with Crippen LogP contribution in [0.4, 0.5) is 11.4 Å². The molecule has 2 aromatic carbocycles. The number of anilines is 1. The number of ether oxygens (including phenoxy) is 1. The summed E-state index contributed by atoms with van der Waals surface area (Å²) >= 11 is 0. The van der Waals surface area contributed by atoms with Gasteiger partial charge >= 0.3 is 0 Å². The molecule has 0 saturated heterocycles. The Labute approximate surface area is 156 Å². The monoisotopic (exact) mass is 393 g/mol. The molecule has 0 spiro atoms. The number of nitrogens with zero attached hydrogens (tertiary/aromatic N) is 1. The van der Waals surface area contributed by atoms with E-state index in [9.17, 15) is 23.3 Å². The zero-order valence-corrected chi connectivity index (χ0v) is 15.7. The van der Waals surface area contributed by atoms with Gasteiger partial charge in [0.05, 0.1) is 22.6 Å². The molecular formula is C17H19N3O6S. The second-order valence-corrected chi connectivity index (χ2v) is 7.61. The third kappa shape index (κ3) is 5.02. The van der Waals surface area contributed by atoms with Gasteiger partial charge in [-0.3, -0.25) is 14.9 Å². The zero-order chi connectivity index (χ0) is 20.2. The Morgan fingerprint density at radius 1 is 1.19 bits per heavy atom. The molecule has 0 aliphatic rings. The van der Waals surface area contributed by atoms with Crippen molar-refractivity contribution in [1.82, 2.24) is 4.72 Å². The van der Waals surface area contributed by atoms with Gasteiger partial charge in [0.25, 0.3) is 11.6 Å². The fourth-order valence-electron chi connectivity index (χ4n) is 2.28. The van der Waals surface area contributed by atoms with Crippen LogP contribution in [0.2, 0.25) is 0 Å². The molecule has 144 valence electrons. The average molecular weight is 393 g/mol. The van der Waals surface area contributed by atoms with Gasteiger partial charge in [-0.15, -0.1) is 0 Å². The summed E-state index contributed by atoms with van der Waals surface area (Å²) in [7, 11) is -2.40. The highest BCUT2D eigenvalue weighted by molar-refractivity contribution is 7.89. The van der Waals surface area contributed by atoms with Crippen LogP contribution in [0.1, 0.15) is 24.2 Å². The Bertz CT molecular complexity index is 972. The molecule has 0 unspecified atom stereocenters. The van der Waals surface area contributed by atoms with E-state index in [1.807, 2.05) is 0 Å². The van der Waals surface area contributed by atoms with Gasteiger partial charge in [0.1, 0.15) is 5.75 Å². The molecule has 2 aromatic rings. The molecule has 2 rings (SSSR count). The Balaban J connectivity index is 2.33. The van der Waals surface area contributed by atoms with E-state index in [2.05, 4.69) is 10.0 Å². The lowest BCUT2D eigenvalue weighted by Gasteiger charge is -2.12. The highest BCUT2D eigenvalue weighted by Crippen LogP contribution is 2.29. The van der Waals surface area contributed by atoms with E-state index in [4.69, 9.17) is 4.74 Å². The average Bonchev–Trinajstić information content (AvgIpc) is 2.60. The van der Waals surface area contributed by atoms with Crippen molar-refractivity contribution in [3.05, 3.63) is 58.1 Å². The van der Waals surface area contributed by atoms with Crippen molar-refractivity contribution in [2.45, 2.75) is 24.8 Å². The number of nitro groups is 1. The molecule has 9 nitrogen and oxygen atoms in total. The minimum absolute atomic E-state index is 0.0603. The van der Waals surface area contributed by atoms with E-state index in [0.717, 1.165) is 6.07 Å². The molecule has 0 heterocycles. The lowest BCUT2D eigenvalue weighted by Crippen LogP contribution is -2.30. The fraction of sp³-hybridized carbons (Fsp3) is 0.235. The molecule has 0 fully saturated rings. The van der Waals surface area contributed by atoms with E-state index in [0.29, 0.717) is 0 Å². The van der Waals surface area contributed by atoms with Crippen molar-refractivity contribution in [3.8, 4) is 5.75 Å². The standard InChI is InChI=1S/C17H19N3O6S/c1-11(2)19-27(24,25)14-6-4-5-12(9-14)17(21)18-15-10-13(20(22)23)7-8-16(15)26-3/h4-11,19H,1-3H3,(H,18,21). The summed E-state index contributed by atoms with van der Waals surface area (Å²) in [5.74, 6) is -0.394. The first-order valence-electron chi connectivity index (χ1n) is 7.90. The van der Waals surface area contributed by atoms with Gasteiger partial charge in [-0.2, -0.15) is 0 Å². The number of benzene rings is 2. The number of amides is 1. The first-order valence-corrected chi connectivity index (χ1v) is 9.38. The SMILES string of the molecule is COc1ccc([N+](=O)[O-])cc1NC(=O)c1cccc(S(=O)(=O)NC(C)C)c1. The van der Waals surface area contributed by atoms with Crippen LogP contribution >= 0.6 is 0 Å². The zero-order valence-electron chi connectivity index (χ0n) is 14.9. The van der Waals surface area contributed by atoms with Crippen LogP contribution in [0, 0.1) is 10.1 Å². The topological polar surface area (TPSA) is 128 Å². The summed E-state index contributed by atoms with van der Waals surface area (Å²) < 4.78 is 32.0. The Morgan fingerprint density at radius 2 is 1.89 bits per heavy atom. The van der Waals surface area contributed by atoms with Crippen molar-refractivity contribution in [2.75, 3.05) is 12.4 Å². The molecule has 1 amide bonds. The third-order valence-electron chi connectivity index (χ3n) is 3.44. The fourth-order valence-corrected chi connectivity index (χ4v) is 3.58. The van der Waals surface area contributed by atoms with E-state index >= 15 is 0 Å². The number of non-ortho nitro benzene ring substituents is 1. The van der Waals surface area contributed by atoms with Crippen LogP contribution in [0.25, 0.3) is 0 Å². The van der Waals surface area contributed by atoms with Gasteiger partial charge in [-0.25, -0.2) is 13.1 Å². The summed E-state index contributed by atoms with van der Waals surface area (Å²) in [6.45, 7) is 3.37. The number of nitrogens with one attached hydrogen (secondary N) is 2. The van der Waals surface area contributed by atoms with Crippen molar-refractivity contribution < 1.29 is 22.9 Å². The molecule has 0 saturated carbocycles. The van der Waals surface area contributed by atoms with Crippen LogP contribution in [0.15, 0.2) is 47.4 Å². The normalized spacial score (nSPS) is 11.3. The summed E-state index contributed by atoms with van der Waals surface area (Å²) in [5.41, 5.74) is -0.0379. The van der Waals surface area contributed by atoms with Crippen LogP contribution in [-0.4, -0.2) is 32.4 Å². The van der Waals surface area contributed by atoms with Gasteiger partial charge in [-0.1, -0.05) is 6.07 Å². The van der Waals surface area contributed by atoms with Crippen molar-refractivity contribution in [2.24, 2.45) is 0 Å². The quantitative estimate of drug-likeness (QED) is 0.550. The number of hydrogen-bond acceptors (Lipinski definition) is 6. The first kappa shape index (κ1) is 20.3. The maximum atomic E-state index is 12.5. The molecule has 10 heteroatoms. The van der Waals surface area contributed by atoms with Crippen molar-refractivity contribution in [3.63, 3.8) is 0 Å². The number of hydrogen-bond donors (Lipinski definition) is 2. The van der Waals surface area contributed by atoms with E-state index in [-0.39, 0.29) is 33.6 Å². The molecule has 0 bridgehead atoms. The smallest absolute Gasteiger partial charge is 0.271 e. The molecule has 27 heavy (non-hydrogen) atoms. The predicted molar refractivity (Wildman–Crippen MR) is 99.5 cm³/mol. The van der Waals surface area contributed by atoms with E-state index in [1.165, 1.54) is 43.5 Å². The van der Waals surface area contributed by atoms with Crippen molar-refractivity contribution in [1.29, 1.82) is 0 Å². The first-order chi connectivity index (χ1) is 12.6. The van der Waals surface area contributed by atoms with E-state index < -0.39 is 20.9 Å². The number of nitro benzene ring substituents is 1. The van der Waals surface area contributed by atoms with Gasteiger partial charge in [0.2, 0.25) is 10.0 Å². The molecule has 0 atom stereocenters. The second kappa shape index (κ2) is 8.14. The Kier molecular flexibility index (Phi) is 6.13. The predicted octanol–water partition coefficient (Wildman–Crippen LogP) is 2.54. The number of carbonyl (C=O) groups is 1. The number of methoxy groups -OCH3 is 1. The molecule has 0 radical (unpaired) electrons. The molecule has 2 N–H and O–H groups in total. The van der Waals surface area contributed by atoms with Crippen molar-refractivity contribution >= 4 is 27.3 Å². The molecule has 0 aromatic heterocycles. The summed E-state index contributed by atoms with van der Waals surface area (Å²) in [6.07, 6.45) is 0. The molecule has 0 aliphatic heterocycles. The highest BCUT2D eigenvalue weighted by atomic mass is 32.2. The van der Waals surface area contributed by atoms with Gasteiger partial charge in [0, 0.05) is 23.7 Å². The minimum atomic E-state index is -3.76. The summed E-state index contributed by atoms with van der Waals surface area (Å²) in [5, 5.41) is 13.4. The lowest BCUT2D eigenvalue weighted by molar-refractivity contribution is -0.384. The Morgan fingerprint density at radius 3 is 2.48 bits per heavy atom. The van der Waals surface area contributed by atoms with Crippen LogP contribution < -0.4 is 14.8 Å². The second-order valence-electron chi connectivity index (χ2n) is 5.90. The summed E-state index contributed by atoms with van der Waals surface area (Å²) in [4.78, 5) is 22.8. The molecular weight excluding hydrogens is 374 g/mol. The van der Waals surface area contributed by atoms with Crippen LogP contribution in [0.5, 0.6) is 5.75 Å². The van der Waals surface area contributed by atoms with Gasteiger partial charge < -0.3 is 10.1 Å². The maximum absolute atomic E-state index is 12.5. The van der Waals surface area contributed by atoms with E-state index in [1.54, 1.807) is 13.8 Å². The Hall–Kier alpha value is -2.98. The number of rotatable bonds is 7. The lowest BCUT2D eigenvalue weighted by atomic mass is 10.2. The van der Waals surface area contributed by atoms with Gasteiger partial charge in [0.15, 0.2) is 0 Å². The van der Waals surface area contributed by atoms with Crippen LogP contribution in [0.3, 0.4) is 0 Å². The third-order valence-corrected chi connectivity index (χ3v) is 5.10. The molecule has 0 aliphatic carbocycles. The van der Waals surface area contributed by atoms with Crippen LogP contribution in [-0.2, 0) is 10.0 Å². The maximum Gasteiger partial charge on any atom is 0.271 e. The van der Waals surface area contributed by atoms with Gasteiger partial charge in [-0.05, 0) is 38.1 Å².